The molecule has 5 nitrogen and oxygen atoms in total. The van der Waals surface area contributed by atoms with Crippen LogP contribution in [0, 0.1) is 13.8 Å². The zero-order valence-corrected chi connectivity index (χ0v) is 19.0. The van der Waals surface area contributed by atoms with Crippen LogP contribution in [-0.2, 0) is 9.57 Å². The number of hydrogen-bond acceptors (Lipinski definition) is 5. The van der Waals surface area contributed by atoms with E-state index in [1.165, 1.54) is 25.7 Å². The van der Waals surface area contributed by atoms with Gasteiger partial charge < -0.3 is 19.0 Å². The summed E-state index contributed by atoms with van der Waals surface area (Å²) in [6.45, 7) is 10.8. The molecule has 0 fully saturated rings. The summed E-state index contributed by atoms with van der Waals surface area (Å²) in [6, 6.07) is 4.10. The number of oxime groups is 1. The van der Waals surface area contributed by atoms with E-state index in [0.717, 1.165) is 54.4 Å². The van der Waals surface area contributed by atoms with Crippen LogP contribution in [-0.4, -0.2) is 39.2 Å². The van der Waals surface area contributed by atoms with Crippen LogP contribution in [0.1, 0.15) is 63.5 Å². The second-order valence-electron chi connectivity index (χ2n) is 7.30. The van der Waals surface area contributed by atoms with E-state index in [9.17, 15) is 0 Å². The number of aryl methyl sites for hydroxylation is 2. The average Bonchev–Trinajstić information content (AvgIpc) is 2.68. The lowest BCUT2D eigenvalue weighted by Gasteiger charge is -2.14. The summed E-state index contributed by atoms with van der Waals surface area (Å²) in [4.78, 5) is 4.70. The highest BCUT2D eigenvalue weighted by Crippen LogP contribution is 2.28. The van der Waals surface area contributed by atoms with E-state index in [4.69, 9.17) is 19.0 Å². The number of nitrogens with zero attached hydrogens (tertiary/aromatic N) is 1. The van der Waals surface area contributed by atoms with E-state index >= 15 is 0 Å². The first-order chi connectivity index (χ1) is 14.1. The number of rotatable bonds is 16. The summed E-state index contributed by atoms with van der Waals surface area (Å²) in [5.74, 6) is 1.89. The minimum atomic E-state index is 0.549. The maximum atomic E-state index is 6.04. The molecule has 0 bridgehead atoms. The molecule has 0 aliphatic rings. The zero-order valence-electron chi connectivity index (χ0n) is 19.0. The van der Waals surface area contributed by atoms with Crippen LogP contribution in [0.5, 0.6) is 11.5 Å². The van der Waals surface area contributed by atoms with Crippen molar-refractivity contribution in [2.45, 2.75) is 66.2 Å². The third kappa shape index (κ3) is 11.5. The van der Waals surface area contributed by atoms with Gasteiger partial charge in [-0.25, -0.2) is 0 Å². The molecule has 0 saturated carbocycles. The van der Waals surface area contributed by atoms with Gasteiger partial charge in [0.25, 0.3) is 0 Å². The van der Waals surface area contributed by atoms with Gasteiger partial charge >= 0.3 is 0 Å². The fourth-order valence-electron chi connectivity index (χ4n) is 3.05. The number of benzene rings is 1. The van der Waals surface area contributed by atoms with Gasteiger partial charge in [0.1, 0.15) is 25.2 Å². The Labute approximate surface area is 177 Å². The van der Waals surface area contributed by atoms with Crippen LogP contribution in [0.3, 0.4) is 0 Å². The Morgan fingerprint density at radius 2 is 1.55 bits per heavy atom. The molecular formula is C24H39NO4. The molecule has 1 aromatic carbocycles. The van der Waals surface area contributed by atoms with Crippen LogP contribution in [0.15, 0.2) is 29.4 Å². The molecule has 1 rings (SSSR count). The molecule has 29 heavy (non-hydrogen) atoms. The van der Waals surface area contributed by atoms with E-state index in [1.807, 2.05) is 26.0 Å². The van der Waals surface area contributed by atoms with Crippen LogP contribution in [0.4, 0.5) is 0 Å². The quantitative estimate of drug-likeness (QED) is 0.146. The van der Waals surface area contributed by atoms with Crippen LogP contribution in [0.25, 0.3) is 0 Å². The Balaban J connectivity index is 2.11. The molecule has 0 radical (unpaired) electrons. The van der Waals surface area contributed by atoms with Gasteiger partial charge in [-0.1, -0.05) is 43.0 Å². The Morgan fingerprint density at radius 1 is 0.931 bits per heavy atom. The van der Waals surface area contributed by atoms with Crippen molar-refractivity contribution in [2.24, 2.45) is 5.16 Å². The van der Waals surface area contributed by atoms with Crippen molar-refractivity contribution in [2.75, 3.05) is 33.5 Å². The van der Waals surface area contributed by atoms with Crippen molar-refractivity contribution >= 4 is 5.71 Å². The number of ether oxygens (including phenoxy) is 3. The summed E-state index contributed by atoms with van der Waals surface area (Å²) in [5.41, 5.74) is 3.13. The minimum absolute atomic E-state index is 0.549. The molecular weight excluding hydrogens is 366 g/mol. The number of unbranched alkanes of at least 4 members (excludes halogenated alkanes) is 5. The van der Waals surface area contributed by atoms with Gasteiger partial charge in [0.2, 0.25) is 0 Å². The van der Waals surface area contributed by atoms with E-state index in [1.54, 1.807) is 7.11 Å². The minimum Gasteiger partial charge on any atom is -0.493 e. The molecule has 1 aromatic rings. The lowest BCUT2D eigenvalue weighted by Crippen LogP contribution is -2.06. The fourth-order valence-corrected chi connectivity index (χ4v) is 3.05. The first-order valence-electron chi connectivity index (χ1n) is 10.7. The van der Waals surface area contributed by atoms with Crippen molar-refractivity contribution in [3.8, 4) is 11.5 Å². The van der Waals surface area contributed by atoms with Gasteiger partial charge in [0.05, 0.1) is 18.9 Å². The molecule has 0 heterocycles. The first-order valence-corrected chi connectivity index (χ1v) is 10.7. The van der Waals surface area contributed by atoms with Crippen LogP contribution < -0.4 is 9.47 Å². The van der Waals surface area contributed by atoms with Gasteiger partial charge in [-0.15, -0.1) is 0 Å². The maximum absolute atomic E-state index is 6.04. The van der Waals surface area contributed by atoms with E-state index in [2.05, 4.69) is 31.1 Å². The largest absolute Gasteiger partial charge is 0.493 e. The highest BCUT2D eigenvalue weighted by molar-refractivity contribution is 5.82. The normalized spacial score (nSPS) is 11.8. The molecule has 0 aliphatic heterocycles. The van der Waals surface area contributed by atoms with Gasteiger partial charge in [-0.3, -0.25) is 0 Å². The molecule has 0 amide bonds. The molecule has 0 aromatic heterocycles. The molecule has 0 aliphatic carbocycles. The molecule has 0 atom stereocenters. The van der Waals surface area contributed by atoms with Crippen molar-refractivity contribution < 1.29 is 19.0 Å². The fraction of sp³-hybridized carbons (Fsp3) is 0.625. The third-order valence-electron chi connectivity index (χ3n) is 4.50. The lowest BCUT2D eigenvalue weighted by atomic mass is 10.1. The molecule has 0 unspecified atom stereocenters. The van der Waals surface area contributed by atoms with E-state index < -0.39 is 0 Å². The molecule has 5 heteroatoms. The molecule has 164 valence electrons. The Hall–Kier alpha value is -2.01. The number of hydrogen-bond donors (Lipinski definition) is 0. The Morgan fingerprint density at radius 3 is 2.17 bits per heavy atom. The van der Waals surface area contributed by atoms with Gasteiger partial charge in [0, 0.05) is 6.61 Å². The molecule has 0 saturated heterocycles. The maximum Gasteiger partial charge on any atom is 0.125 e. The van der Waals surface area contributed by atoms with Crippen molar-refractivity contribution in [1.29, 1.82) is 0 Å². The second-order valence-corrected chi connectivity index (χ2v) is 7.30. The summed E-state index contributed by atoms with van der Waals surface area (Å²) in [5, 5.41) is 3.82. The average molecular weight is 406 g/mol. The summed E-state index contributed by atoms with van der Waals surface area (Å²) < 4.78 is 17.3. The highest BCUT2D eigenvalue weighted by Gasteiger charge is 2.07. The predicted octanol–water partition coefficient (Wildman–Crippen LogP) is 6.02. The summed E-state index contributed by atoms with van der Waals surface area (Å²) in [6.07, 6.45) is 11.1. The van der Waals surface area contributed by atoms with Gasteiger partial charge in [-0.05, 0) is 63.8 Å². The van der Waals surface area contributed by atoms with Crippen molar-refractivity contribution in [1.82, 2.24) is 0 Å². The smallest absolute Gasteiger partial charge is 0.125 e. The van der Waals surface area contributed by atoms with Crippen molar-refractivity contribution in [3.05, 3.63) is 35.4 Å². The van der Waals surface area contributed by atoms with Crippen LogP contribution in [0.2, 0.25) is 0 Å². The van der Waals surface area contributed by atoms with Gasteiger partial charge in [0.15, 0.2) is 0 Å². The molecule has 0 spiro atoms. The topological polar surface area (TPSA) is 49.3 Å². The Kier molecular flexibility index (Phi) is 13.7. The van der Waals surface area contributed by atoms with E-state index in [-0.39, 0.29) is 0 Å². The van der Waals surface area contributed by atoms with Crippen LogP contribution >= 0.6 is 0 Å². The van der Waals surface area contributed by atoms with Gasteiger partial charge in [-0.2, -0.15) is 0 Å². The predicted molar refractivity (Wildman–Crippen MR) is 120 cm³/mol. The van der Waals surface area contributed by atoms with E-state index in [0.29, 0.717) is 13.2 Å². The first kappa shape index (κ1) is 25.0. The second kappa shape index (κ2) is 15.9. The summed E-state index contributed by atoms with van der Waals surface area (Å²) >= 11 is 0. The lowest BCUT2D eigenvalue weighted by molar-refractivity contribution is 0.158. The summed E-state index contributed by atoms with van der Waals surface area (Å²) in [7, 11) is 1.55. The third-order valence-corrected chi connectivity index (χ3v) is 4.50. The zero-order chi connectivity index (χ0) is 21.3. The SMILES string of the molecule is C/C=C/COc1cc(C)c(OCCCCCCCCOC/C(C)=N/OC)c(C)c1. The highest BCUT2D eigenvalue weighted by atomic mass is 16.6. The molecule has 0 N–H and O–H groups in total. The Bertz CT molecular complexity index is 602. The number of allylic oxidation sites excluding steroid dienone is 1. The van der Waals surface area contributed by atoms with Crippen molar-refractivity contribution in [3.63, 3.8) is 0 Å². The standard InChI is InChI=1S/C24H39NO4/c1-6-7-15-28-23-17-20(2)24(21(3)18-23)29-16-13-11-9-8-10-12-14-27-19-22(4)25-26-5/h6-7,17-18H,8-16,19H2,1-5H3/b7-6+,25-22+. The monoisotopic (exact) mass is 405 g/mol.